The van der Waals surface area contributed by atoms with Crippen molar-refractivity contribution in [2.45, 2.75) is 13.0 Å². The van der Waals surface area contributed by atoms with Crippen molar-refractivity contribution < 1.29 is 4.74 Å². The highest BCUT2D eigenvalue weighted by Gasteiger charge is 2.21. The maximum Gasteiger partial charge on any atom is 0.0594 e. The molecule has 1 N–H and O–H groups in total. The number of hydrogen-bond acceptors (Lipinski definition) is 3. The molecule has 1 aromatic carbocycles. The van der Waals surface area contributed by atoms with Gasteiger partial charge >= 0.3 is 0 Å². The topological polar surface area (TPSA) is 24.5 Å². The Morgan fingerprint density at radius 1 is 1.22 bits per heavy atom. The molecule has 1 saturated heterocycles. The molecular formula is C15H24N2O. The van der Waals surface area contributed by atoms with Crippen LogP contribution in [0.1, 0.15) is 18.5 Å². The van der Waals surface area contributed by atoms with E-state index in [9.17, 15) is 0 Å². The van der Waals surface area contributed by atoms with Gasteiger partial charge in [-0.2, -0.15) is 0 Å². The van der Waals surface area contributed by atoms with Crippen LogP contribution in [-0.4, -0.2) is 44.8 Å². The number of nitrogens with one attached hydrogen (secondary N) is 1. The second-order valence-corrected chi connectivity index (χ2v) is 5.07. The normalized spacial score (nSPS) is 20.6. The predicted molar refractivity (Wildman–Crippen MR) is 74.7 cm³/mol. The summed E-state index contributed by atoms with van der Waals surface area (Å²) in [6.07, 6.45) is 0. The molecule has 3 heteroatoms. The highest BCUT2D eigenvalue weighted by atomic mass is 16.5. The van der Waals surface area contributed by atoms with Crippen molar-refractivity contribution in [1.29, 1.82) is 0 Å². The first-order chi connectivity index (χ1) is 8.81. The standard InChI is InChI=1S/C15H24N2O/c1-13(12-17-8-10-18-11-9-17)15(16-2)14-6-4-3-5-7-14/h3-7,13,15-16H,8-12H2,1-2H3. The van der Waals surface area contributed by atoms with Crippen LogP contribution in [0, 0.1) is 5.92 Å². The number of hydrogen-bond donors (Lipinski definition) is 1. The fourth-order valence-electron chi connectivity index (χ4n) is 2.74. The average molecular weight is 248 g/mol. The minimum atomic E-state index is 0.425. The molecular weight excluding hydrogens is 224 g/mol. The van der Waals surface area contributed by atoms with Gasteiger partial charge in [-0.1, -0.05) is 37.3 Å². The molecule has 2 unspecified atom stereocenters. The van der Waals surface area contributed by atoms with Crippen molar-refractivity contribution in [1.82, 2.24) is 10.2 Å². The minimum Gasteiger partial charge on any atom is -0.379 e. The van der Waals surface area contributed by atoms with E-state index in [1.165, 1.54) is 5.56 Å². The Kier molecular flexibility index (Phi) is 5.17. The lowest BCUT2D eigenvalue weighted by molar-refractivity contribution is 0.0293. The number of rotatable bonds is 5. The lowest BCUT2D eigenvalue weighted by Crippen LogP contribution is -2.41. The molecule has 0 bridgehead atoms. The maximum absolute atomic E-state index is 5.40. The largest absolute Gasteiger partial charge is 0.379 e. The van der Waals surface area contributed by atoms with Crippen molar-refractivity contribution in [3.8, 4) is 0 Å². The number of nitrogens with zero attached hydrogens (tertiary/aromatic N) is 1. The van der Waals surface area contributed by atoms with Crippen molar-refractivity contribution in [3.05, 3.63) is 35.9 Å². The molecule has 0 saturated carbocycles. The van der Waals surface area contributed by atoms with Crippen LogP contribution in [0.3, 0.4) is 0 Å². The minimum absolute atomic E-state index is 0.425. The van der Waals surface area contributed by atoms with Crippen molar-refractivity contribution in [3.63, 3.8) is 0 Å². The SMILES string of the molecule is CNC(c1ccccc1)C(C)CN1CCOCC1. The molecule has 100 valence electrons. The van der Waals surface area contributed by atoms with E-state index >= 15 is 0 Å². The second kappa shape index (κ2) is 6.88. The third-order valence-electron chi connectivity index (χ3n) is 3.69. The fourth-order valence-corrected chi connectivity index (χ4v) is 2.74. The molecule has 2 atom stereocenters. The summed E-state index contributed by atoms with van der Waals surface area (Å²) < 4.78 is 5.40. The Bertz CT molecular complexity index is 336. The van der Waals surface area contributed by atoms with Gasteiger partial charge in [0.15, 0.2) is 0 Å². The summed E-state index contributed by atoms with van der Waals surface area (Å²) in [5.41, 5.74) is 1.38. The summed E-state index contributed by atoms with van der Waals surface area (Å²) in [4.78, 5) is 2.50. The van der Waals surface area contributed by atoms with Gasteiger partial charge < -0.3 is 10.1 Å². The monoisotopic (exact) mass is 248 g/mol. The fraction of sp³-hybridized carbons (Fsp3) is 0.600. The third-order valence-corrected chi connectivity index (χ3v) is 3.69. The Morgan fingerprint density at radius 3 is 2.50 bits per heavy atom. The Balaban J connectivity index is 1.94. The van der Waals surface area contributed by atoms with Gasteiger partial charge in [0, 0.05) is 25.7 Å². The van der Waals surface area contributed by atoms with Crippen LogP contribution >= 0.6 is 0 Å². The second-order valence-electron chi connectivity index (χ2n) is 5.07. The highest BCUT2D eigenvalue weighted by molar-refractivity contribution is 5.19. The zero-order valence-corrected chi connectivity index (χ0v) is 11.4. The zero-order valence-electron chi connectivity index (χ0n) is 11.4. The number of ether oxygens (including phenoxy) is 1. The van der Waals surface area contributed by atoms with Crippen molar-refractivity contribution in [2.75, 3.05) is 39.9 Å². The van der Waals surface area contributed by atoms with E-state index in [1.54, 1.807) is 0 Å². The first-order valence-corrected chi connectivity index (χ1v) is 6.83. The van der Waals surface area contributed by atoms with Gasteiger partial charge in [0.05, 0.1) is 13.2 Å². The molecule has 1 fully saturated rings. The lowest BCUT2D eigenvalue weighted by Gasteiger charge is -2.32. The molecule has 0 amide bonds. The summed E-state index contributed by atoms with van der Waals surface area (Å²) in [6, 6.07) is 11.1. The average Bonchev–Trinajstić information content (AvgIpc) is 2.42. The van der Waals surface area contributed by atoms with Gasteiger partial charge in [0.1, 0.15) is 0 Å². The quantitative estimate of drug-likeness (QED) is 0.861. The first kappa shape index (κ1) is 13.5. The van der Waals surface area contributed by atoms with E-state index in [4.69, 9.17) is 4.74 Å². The predicted octanol–water partition coefficient (Wildman–Crippen LogP) is 1.92. The van der Waals surface area contributed by atoms with Gasteiger partial charge in [-0.05, 0) is 18.5 Å². The van der Waals surface area contributed by atoms with Crippen LogP contribution in [0.5, 0.6) is 0 Å². The van der Waals surface area contributed by atoms with E-state index in [0.29, 0.717) is 12.0 Å². The van der Waals surface area contributed by atoms with Crippen molar-refractivity contribution in [2.24, 2.45) is 5.92 Å². The van der Waals surface area contributed by atoms with Gasteiger partial charge in [-0.3, -0.25) is 4.90 Å². The smallest absolute Gasteiger partial charge is 0.0594 e. The van der Waals surface area contributed by atoms with Crippen LogP contribution in [0.4, 0.5) is 0 Å². The highest BCUT2D eigenvalue weighted by Crippen LogP contribution is 2.22. The van der Waals surface area contributed by atoms with E-state index in [2.05, 4.69) is 47.5 Å². The molecule has 0 radical (unpaired) electrons. The molecule has 3 nitrogen and oxygen atoms in total. The molecule has 2 rings (SSSR count). The zero-order chi connectivity index (χ0) is 12.8. The van der Waals surface area contributed by atoms with Crippen LogP contribution < -0.4 is 5.32 Å². The van der Waals surface area contributed by atoms with Crippen LogP contribution in [0.15, 0.2) is 30.3 Å². The molecule has 1 aliphatic rings. The van der Waals surface area contributed by atoms with Gasteiger partial charge in [-0.25, -0.2) is 0 Å². The molecule has 0 aliphatic carbocycles. The first-order valence-electron chi connectivity index (χ1n) is 6.83. The van der Waals surface area contributed by atoms with Gasteiger partial charge in [-0.15, -0.1) is 0 Å². The van der Waals surface area contributed by atoms with Gasteiger partial charge in [0.2, 0.25) is 0 Å². The summed E-state index contributed by atoms with van der Waals surface area (Å²) in [7, 11) is 2.05. The maximum atomic E-state index is 5.40. The van der Waals surface area contributed by atoms with E-state index in [1.807, 2.05) is 7.05 Å². The van der Waals surface area contributed by atoms with Crippen LogP contribution in [0.2, 0.25) is 0 Å². The molecule has 0 aromatic heterocycles. The molecule has 18 heavy (non-hydrogen) atoms. The van der Waals surface area contributed by atoms with Crippen LogP contribution in [-0.2, 0) is 4.74 Å². The summed E-state index contributed by atoms with van der Waals surface area (Å²) in [5, 5.41) is 3.45. The lowest BCUT2D eigenvalue weighted by atomic mass is 9.94. The summed E-state index contributed by atoms with van der Waals surface area (Å²) in [5.74, 6) is 0.593. The Labute approximate surface area is 110 Å². The number of benzene rings is 1. The van der Waals surface area contributed by atoms with E-state index in [-0.39, 0.29) is 0 Å². The molecule has 1 heterocycles. The number of morpholine rings is 1. The third kappa shape index (κ3) is 3.55. The van der Waals surface area contributed by atoms with E-state index < -0.39 is 0 Å². The molecule has 1 aromatic rings. The Hall–Kier alpha value is -0.900. The molecule has 0 spiro atoms. The molecule has 1 aliphatic heterocycles. The Morgan fingerprint density at radius 2 is 1.89 bits per heavy atom. The van der Waals surface area contributed by atoms with E-state index in [0.717, 1.165) is 32.8 Å². The van der Waals surface area contributed by atoms with Crippen molar-refractivity contribution >= 4 is 0 Å². The van der Waals surface area contributed by atoms with Gasteiger partial charge in [0.25, 0.3) is 0 Å². The summed E-state index contributed by atoms with van der Waals surface area (Å²) >= 11 is 0. The summed E-state index contributed by atoms with van der Waals surface area (Å²) in [6.45, 7) is 7.34. The van der Waals surface area contributed by atoms with Crippen LogP contribution in [0.25, 0.3) is 0 Å².